The number of hydrogen-bond donors (Lipinski definition) is 1. The van der Waals surface area contributed by atoms with Crippen molar-refractivity contribution in [2.45, 2.75) is 31.7 Å². The van der Waals surface area contributed by atoms with E-state index in [-0.39, 0.29) is 5.92 Å². The maximum Gasteiger partial charge on any atom is 0.225 e. The van der Waals surface area contributed by atoms with Crippen LogP contribution in [-0.4, -0.2) is 48.0 Å². The summed E-state index contributed by atoms with van der Waals surface area (Å²) in [6.45, 7) is 2.81. The number of nitrogens with one attached hydrogen (secondary N) is 1. The molecule has 130 valence electrons. The highest BCUT2D eigenvalue weighted by atomic mass is 32.2. The number of carbonyl (C=O) groups is 1. The Balaban J connectivity index is 1.36. The lowest BCUT2D eigenvalue weighted by Gasteiger charge is -2.34. The minimum Gasteiger partial charge on any atom is -0.341 e. The summed E-state index contributed by atoms with van der Waals surface area (Å²) in [5.41, 5.74) is 1.24. The molecule has 0 atom stereocenters. The molecule has 1 aliphatic heterocycles. The lowest BCUT2D eigenvalue weighted by Crippen LogP contribution is -2.44. The van der Waals surface area contributed by atoms with Crippen LogP contribution < -0.4 is 5.32 Å². The summed E-state index contributed by atoms with van der Waals surface area (Å²) in [5.74, 6) is 2.90. The van der Waals surface area contributed by atoms with Crippen molar-refractivity contribution in [3.8, 4) is 0 Å². The van der Waals surface area contributed by atoms with E-state index in [0.717, 1.165) is 56.8 Å². The van der Waals surface area contributed by atoms with Gasteiger partial charge in [-0.3, -0.25) is 4.79 Å². The van der Waals surface area contributed by atoms with Crippen molar-refractivity contribution in [2.75, 3.05) is 31.1 Å². The third-order valence-electron chi connectivity index (χ3n) is 5.03. The van der Waals surface area contributed by atoms with Crippen LogP contribution in [0.1, 0.15) is 31.2 Å². The first-order chi connectivity index (χ1) is 11.8. The van der Waals surface area contributed by atoms with E-state index in [1.165, 1.54) is 5.56 Å². The molecule has 1 saturated carbocycles. The highest BCUT2D eigenvalue weighted by molar-refractivity contribution is 7.99. The third-order valence-corrected chi connectivity index (χ3v) is 5.98. The maximum atomic E-state index is 12.6. The molecule has 2 aliphatic rings. The molecule has 1 aromatic carbocycles. The predicted octanol–water partition coefficient (Wildman–Crippen LogP) is 3.42. The summed E-state index contributed by atoms with van der Waals surface area (Å²) in [6, 6.07) is 11.0. The second-order valence-corrected chi connectivity index (χ2v) is 7.93. The van der Waals surface area contributed by atoms with Gasteiger partial charge < -0.3 is 10.2 Å². The molecule has 0 radical (unpaired) electrons. The molecule has 1 heterocycles. The molecule has 1 aliphatic carbocycles. The van der Waals surface area contributed by atoms with Gasteiger partial charge in [-0.25, -0.2) is 0 Å². The number of hydrogen-bond acceptors (Lipinski definition) is 3. The molecule has 1 saturated heterocycles. The van der Waals surface area contributed by atoms with Crippen LogP contribution in [0.15, 0.2) is 36.4 Å². The summed E-state index contributed by atoms with van der Waals surface area (Å²) in [4.78, 5) is 14.7. The molecule has 0 bridgehead atoms. The predicted molar refractivity (Wildman–Crippen MR) is 103 cm³/mol. The van der Waals surface area contributed by atoms with Crippen LogP contribution in [0.4, 0.5) is 0 Å². The van der Waals surface area contributed by atoms with Gasteiger partial charge in [0, 0.05) is 43.1 Å². The van der Waals surface area contributed by atoms with Gasteiger partial charge in [0.25, 0.3) is 0 Å². The van der Waals surface area contributed by atoms with Gasteiger partial charge in [-0.15, -0.1) is 0 Å². The summed E-state index contributed by atoms with van der Waals surface area (Å²) >= 11 is 1.96. The standard InChI is InChI=1S/C20H28N2OS/c23-20(22-13-15-24-16-14-22)18-8-10-19(11-9-18)21-12-4-7-17-5-2-1-3-6-17/h1-7,18-19,21H,8-16H2. The number of amides is 1. The Morgan fingerprint density at radius 2 is 1.83 bits per heavy atom. The topological polar surface area (TPSA) is 32.3 Å². The molecule has 4 heteroatoms. The van der Waals surface area contributed by atoms with E-state index < -0.39 is 0 Å². The van der Waals surface area contributed by atoms with Gasteiger partial charge >= 0.3 is 0 Å². The smallest absolute Gasteiger partial charge is 0.225 e. The monoisotopic (exact) mass is 344 g/mol. The highest BCUT2D eigenvalue weighted by Crippen LogP contribution is 2.27. The van der Waals surface area contributed by atoms with E-state index in [1.807, 2.05) is 17.8 Å². The van der Waals surface area contributed by atoms with Gasteiger partial charge in [0.15, 0.2) is 0 Å². The van der Waals surface area contributed by atoms with Crippen molar-refractivity contribution in [1.29, 1.82) is 0 Å². The van der Waals surface area contributed by atoms with Crippen LogP contribution in [0.3, 0.4) is 0 Å². The van der Waals surface area contributed by atoms with Crippen molar-refractivity contribution >= 4 is 23.7 Å². The normalized spacial score (nSPS) is 25.1. The summed E-state index contributed by atoms with van der Waals surface area (Å²) in [7, 11) is 0. The van der Waals surface area contributed by atoms with Crippen molar-refractivity contribution in [2.24, 2.45) is 5.92 Å². The fourth-order valence-corrected chi connectivity index (χ4v) is 4.48. The molecule has 3 nitrogen and oxygen atoms in total. The zero-order chi connectivity index (χ0) is 16.6. The van der Waals surface area contributed by atoms with Gasteiger partial charge in [-0.2, -0.15) is 11.8 Å². The Labute approximate surface area is 149 Å². The Bertz CT molecular complexity index is 532. The lowest BCUT2D eigenvalue weighted by molar-refractivity contribution is -0.136. The molecule has 0 aromatic heterocycles. The van der Waals surface area contributed by atoms with E-state index in [9.17, 15) is 4.79 Å². The molecule has 3 rings (SSSR count). The van der Waals surface area contributed by atoms with Crippen LogP contribution in [0.2, 0.25) is 0 Å². The lowest BCUT2D eigenvalue weighted by atomic mass is 9.85. The zero-order valence-electron chi connectivity index (χ0n) is 14.3. The number of nitrogens with zero attached hydrogens (tertiary/aromatic N) is 1. The first-order valence-electron chi connectivity index (χ1n) is 9.14. The second kappa shape index (κ2) is 9.28. The van der Waals surface area contributed by atoms with Gasteiger partial charge in [0.2, 0.25) is 5.91 Å². The van der Waals surface area contributed by atoms with E-state index in [0.29, 0.717) is 11.9 Å². The Hall–Kier alpha value is -1.26. The molecule has 1 aromatic rings. The molecule has 24 heavy (non-hydrogen) atoms. The van der Waals surface area contributed by atoms with Crippen LogP contribution in [0.25, 0.3) is 6.08 Å². The second-order valence-electron chi connectivity index (χ2n) is 6.71. The van der Waals surface area contributed by atoms with Gasteiger partial charge in [0.1, 0.15) is 0 Å². The zero-order valence-corrected chi connectivity index (χ0v) is 15.1. The summed E-state index contributed by atoms with van der Waals surface area (Å²) < 4.78 is 0. The van der Waals surface area contributed by atoms with E-state index >= 15 is 0 Å². The van der Waals surface area contributed by atoms with Crippen molar-refractivity contribution in [1.82, 2.24) is 10.2 Å². The Kier molecular flexibility index (Phi) is 6.79. The van der Waals surface area contributed by atoms with Crippen LogP contribution in [-0.2, 0) is 4.79 Å². The highest BCUT2D eigenvalue weighted by Gasteiger charge is 2.29. The summed E-state index contributed by atoms with van der Waals surface area (Å²) in [6.07, 6.45) is 8.69. The van der Waals surface area contributed by atoms with E-state index in [4.69, 9.17) is 0 Å². The Morgan fingerprint density at radius 1 is 1.12 bits per heavy atom. The maximum absolute atomic E-state index is 12.6. The number of rotatable bonds is 5. The molecule has 0 unspecified atom stereocenters. The van der Waals surface area contributed by atoms with E-state index in [1.54, 1.807) is 0 Å². The van der Waals surface area contributed by atoms with Crippen LogP contribution in [0, 0.1) is 5.92 Å². The molecule has 0 spiro atoms. The largest absolute Gasteiger partial charge is 0.341 e. The average molecular weight is 345 g/mol. The SMILES string of the molecule is O=C(C1CCC(NCC=Cc2ccccc2)CC1)N1CCSCC1. The van der Waals surface area contributed by atoms with Crippen LogP contribution >= 0.6 is 11.8 Å². The van der Waals surface area contributed by atoms with Crippen LogP contribution in [0.5, 0.6) is 0 Å². The molecular weight excluding hydrogens is 316 g/mol. The van der Waals surface area contributed by atoms with Gasteiger partial charge in [0.05, 0.1) is 0 Å². The number of thioether (sulfide) groups is 1. The number of carbonyl (C=O) groups excluding carboxylic acids is 1. The fraction of sp³-hybridized carbons (Fsp3) is 0.550. The summed E-state index contributed by atoms with van der Waals surface area (Å²) in [5, 5.41) is 3.62. The molecular formula is C20H28N2OS. The minimum absolute atomic E-state index is 0.269. The van der Waals surface area contributed by atoms with E-state index in [2.05, 4.69) is 46.6 Å². The fourth-order valence-electron chi connectivity index (χ4n) is 3.58. The average Bonchev–Trinajstić information content (AvgIpc) is 2.67. The van der Waals surface area contributed by atoms with Gasteiger partial charge in [-0.1, -0.05) is 42.5 Å². The Morgan fingerprint density at radius 3 is 2.54 bits per heavy atom. The molecule has 2 fully saturated rings. The first kappa shape index (κ1) is 17.6. The third kappa shape index (κ3) is 5.12. The van der Waals surface area contributed by atoms with Crippen molar-refractivity contribution < 1.29 is 4.79 Å². The quantitative estimate of drug-likeness (QED) is 0.888. The van der Waals surface area contributed by atoms with Gasteiger partial charge in [-0.05, 0) is 31.2 Å². The first-order valence-corrected chi connectivity index (χ1v) is 10.3. The molecule has 1 N–H and O–H groups in total. The minimum atomic E-state index is 0.269. The van der Waals surface area contributed by atoms with Crippen molar-refractivity contribution in [3.63, 3.8) is 0 Å². The molecule has 1 amide bonds. The number of benzene rings is 1. The van der Waals surface area contributed by atoms with Crippen molar-refractivity contribution in [3.05, 3.63) is 42.0 Å².